The lowest BCUT2D eigenvalue weighted by Gasteiger charge is -2.59. The number of esters is 1. The first-order chi connectivity index (χ1) is 24.9. The highest BCUT2D eigenvalue weighted by Crippen LogP contribution is 2.83. The molecule has 0 spiro atoms. The molecular weight excluding hydrogens is 656 g/mol. The van der Waals surface area contributed by atoms with Gasteiger partial charge < -0.3 is 28.8 Å². The number of hydrogen-bond acceptors (Lipinski definition) is 8. The van der Waals surface area contributed by atoms with Gasteiger partial charge in [0.2, 0.25) is 5.39 Å². The van der Waals surface area contributed by atoms with Crippen LogP contribution in [0.25, 0.3) is 4.98 Å². The second-order valence-corrected chi connectivity index (χ2v) is 16.7. The number of rotatable bonds is 12. The number of benzene rings is 2. The molecule has 0 radical (unpaired) electrons. The largest absolute Gasteiger partial charge is 0.519 e. The zero-order valence-electron chi connectivity index (χ0n) is 31.1. The number of nitrogens with zero attached hydrogens (tertiary/aromatic N) is 2. The second kappa shape index (κ2) is 13.6. The average Bonchev–Trinajstić information content (AvgIpc) is 3.71. The van der Waals surface area contributed by atoms with Gasteiger partial charge in [-0.05, 0) is 87.0 Å². The fraction of sp³-hybridized carbons (Fsp3) is 0.581. The van der Waals surface area contributed by atoms with Crippen molar-refractivity contribution in [1.82, 2.24) is 0 Å². The topological polar surface area (TPSA) is 119 Å². The highest BCUT2D eigenvalue weighted by atomic mass is 16.7. The molecule has 7 rings (SSSR count). The Morgan fingerprint density at radius 2 is 1.73 bits per heavy atom. The zero-order valence-corrected chi connectivity index (χ0v) is 31.1. The van der Waals surface area contributed by atoms with Gasteiger partial charge in [0.25, 0.3) is 0 Å². The lowest BCUT2D eigenvalue weighted by Crippen LogP contribution is -2.65. The van der Waals surface area contributed by atoms with Gasteiger partial charge in [0.15, 0.2) is 11.3 Å². The first-order valence-corrected chi connectivity index (χ1v) is 19.0. The van der Waals surface area contributed by atoms with Gasteiger partial charge in [-0.15, -0.1) is 0 Å². The van der Waals surface area contributed by atoms with Crippen molar-refractivity contribution in [2.45, 2.75) is 97.0 Å². The van der Waals surface area contributed by atoms with Crippen LogP contribution in [0.4, 0.5) is 0 Å². The Hall–Kier alpha value is -3.68. The third-order valence-electron chi connectivity index (χ3n) is 13.5. The summed E-state index contributed by atoms with van der Waals surface area (Å²) >= 11 is 0. The number of carbonyl (C=O) groups is 2. The first-order valence-electron chi connectivity index (χ1n) is 19.0. The van der Waals surface area contributed by atoms with Crippen molar-refractivity contribution in [3.63, 3.8) is 0 Å². The third kappa shape index (κ3) is 5.20. The highest BCUT2D eigenvalue weighted by molar-refractivity contribution is 5.92. The van der Waals surface area contributed by atoms with E-state index in [0.717, 1.165) is 30.3 Å². The summed E-state index contributed by atoms with van der Waals surface area (Å²) in [4.78, 5) is 33.9. The highest BCUT2D eigenvalue weighted by Gasteiger charge is 2.85. The molecule has 1 saturated heterocycles. The minimum absolute atomic E-state index is 0.0129. The van der Waals surface area contributed by atoms with E-state index >= 15 is 4.79 Å². The SMILES string of the molecule is C=C(C)CO[C@H]1[C@@H](O)C[C@H](OCC23C[C@@H]4[C@H](C)CC[C@H]4C4(C=O)CC2C=C(C(C)C)C34C(=O)OC([N+]#N)(c2ccccc2)c2ccccc2)O[C@@H]1C. The normalized spacial score (nSPS) is 37.6. The van der Waals surface area contributed by atoms with Crippen molar-refractivity contribution < 1.29 is 33.6 Å². The van der Waals surface area contributed by atoms with Gasteiger partial charge in [-0.3, -0.25) is 4.79 Å². The van der Waals surface area contributed by atoms with Gasteiger partial charge >= 0.3 is 11.7 Å². The molecule has 1 aliphatic heterocycles. The Morgan fingerprint density at radius 3 is 2.29 bits per heavy atom. The Morgan fingerprint density at radius 1 is 1.08 bits per heavy atom. The van der Waals surface area contributed by atoms with Crippen molar-refractivity contribution in [2.75, 3.05) is 13.2 Å². The molecule has 11 atom stereocenters. The van der Waals surface area contributed by atoms with Crippen LogP contribution in [0.5, 0.6) is 0 Å². The molecule has 2 aromatic rings. The smallest absolute Gasteiger partial charge is 0.390 e. The number of carbonyl (C=O) groups excluding carboxylic acids is 2. The van der Waals surface area contributed by atoms with Crippen molar-refractivity contribution in [1.29, 1.82) is 5.39 Å². The van der Waals surface area contributed by atoms with E-state index in [4.69, 9.17) is 18.9 Å². The van der Waals surface area contributed by atoms with Crippen LogP contribution in [0.15, 0.2) is 84.5 Å². The van der Waals surface area contributed by atoms with Crippen molar-refractivity contribution in [3.05, 3.63) is 101 Å². The van der Waals surface area contributed by atoms with E-state index in [0.29, 0.717) is 36.5 Å². The number of hydrogen-bond donors (Lipinski definition) is 1. The number of ether oxygens (including phenoxy) is 4. The summed E-state index contributed by atoms with van der Waals surface area (Å²) in [6.45, 7) is 14.5. The van der Waals surface area contributed by atoms with Gasteiger partial charge in [0, 0.05) is 11.8 Å². The summed E-state index contributed by atoms with van der Waals surface area (Å²) in [6.07, 6.45) is 3.98. The van der Waals surface area contributed by atoms with Crippen LogP contribution in [0.2, 0.25) is 0 Å². The molecule has 276 valence electrons. The lowest BCUT2D eigenvalue weighted by atomic mass is 9.43. The molecule has 4 unspecified atom stereocenters. The maximum Gasteiger partial charge on any atom is 0.519 e. The molecule has 9 nitrogen and oxygen atoms in total. The van der Waals surface area contributed by atoms with Gasteiger partial charge in [-0.1, -0.05) is 87.4 Å². The van der Waals surface area contributed by atoms with Crippen LogP contribution in [0, 0.1) is 51.2 Å². The number of aliphatic hydroxyl groups is 1. The van der Waals surface area contributed by atoms with E-state index in [1.165, 1.54) is 0 Å². The van der Waals surface area contributed by atoms with E-state index < -0.39 is 52.5 Å². The molecule has 2 aromatic carbocycles. The van der Waals surface area contributed by atoms with Gasteiger partial charge in [-0.2, -0.15) is 0 Å². The third-order valence-corrected chi connectivity index (χ3v) is 13.5. The van der Waals surface area contributed by atoms with Crippen molar-refractivity contribution >= 4 is 12.3 Å². The number of allylic oxidation sites excluding steroid dienone is 1. The Balaban J connectivity index is 1.34. The number of diazo groups is 1. The minimum Gasteiger partial charge on any atom is -0.390 e. The molecule has 4 bridgehead atoms. The maximum absolute atomic E-state index is 15.9. The predicted octanol–water partition coefficient (Wildman–Crippen LogP) is 7.60. The van der Waals surface area contributed by atoms with Crippen LogP contribution in [-0.4, -0.2) is 55.2 Å². The van der Waals surface area contributed by atoms with Gasteiger partial charge in [-0.25, -0.2) is 0 Å². The van der Waals surface area contributed by atoms with Crippen LogP contribution < -0.4 is 0 Å². The average molecular weight is 710 g/mol. The first kappa shape index (κ1) is 36.7. The van der Waals surface area contributed by atoms with Crippen molar-refractivity contribution in [2.24, 2.45) is 45.8 Å². The van der Waals surface area contributed by atoms with Crippen LogP contribution >= 0.6 is 0 Å². The quantitative estimate of drug-likeness (QED) is 0.104. The summed E-state index contributed by atoms with van der Waals surface area (Å²) in [5, 5.41) is 22.2. The fourth-order valence-corrected chi connectivity index (χ4v) is 11.4. The molecule has 9 heteroatoms. The number of aliphatic hydroxyl groups excluding tert-OH is 1. The molecular formula is C43H53N2O7+. The molecule has 5 aliphatic rings. The standard InChI is InChI=1S/C43H53N2O7/c1-26(2)23-49-38-29(6)51-37(20-36(38)47)50-25-41-22-33-28(5)17-18-34(33)40(24-46)21-32(41)19-35(27(3)4)42(40,41)39(48)52-43(45-44,30-13-9-7-10-14-30)31-15-11-8-12-16-31/h7-16,19,24,27-29,32-34,36-38,47H,1,17-18,20-23,25H2,2-6H3/q+1/t28-,29-,32?,33-,34-,36+,37-,38-,40?,41?,42?/m1/s1. The summed E-state index contributed by atoms with van der Waals surface area (Å²) in [5.74, 6) is -0.214. The number of fused-ring (bicyclic) bond motifs is 2. The molecule has 1 heterocycles. The van der Waals surface area contributed by atoms with Crippen LogP contribution in [-0.2, 0) is 34.3 Å². The summed E-state index contributed by atoms with van der Waals surface area (Å²) in [6, 6.07) is 18.1. The van der Waals surface area contributed by atoms with E-state index in [-0.39, 0.29) is 36.7 Å². The second-order valence-electron chi connectivity index (χ2n) is 16.7. The molecule has 0 amide bonds. The Labute approximate surface area is 307 Å². The zero-order chi connectivity index (χ0) is 37.1. The van der Waals surface area contributed by atoms with Crippen LogP contribution in [0.1, 0.15) is 77.8 Å². The minimum atomic E-state index is -1.88. The molecule has 4 aliphatic carbocycles. The molecule has 0 aromatic heterocycles. The Bertz CT molecular complexity index is 1700. The molecule has 1 N–H and O–H groups in total. The molecule has 4 fully saturated rings. The molecule has 52 heavy (non-hydrogen) atoms. The lowest BCUT2D eigenvalue weighted by molar-refractivity contribution is -0.269. The van der Waals surface area contributed by atoms with Gasteiger partial charge in [0.05, 0.1) is 42.0 Å². The molecule has 3 saturated carbocycles. The van der Waals surface area contributed by atoms with Gasteiger partial charge in [0.1, 0.15) is 17.8 Å². The Kier molecular flexibility index (Phi) is 9.61. The summed E-state index contributed by atoms with van der Waals surface area (Å²) < 4.78 is 25.8. The number of aldehydes is 1. The van der Waals surface area contributed by atoms with E-state index in [9.17, 15) is 15.3 Å². The van der Waals surface area contributed by atoms with E-state index in [1.54, 1.807) is 24.3 Å². The summed E-state index contributed by atoms with van der Waals surface area (Å²) in [7, 11) is 0. The fourth-order valence-electron chi connectivity index (χ4n) is 11.4. The predicted molar refractivity (Wildman–Crippen MR) is 195 cm³/mol. The summed E-state index contributed by atoms with van der Waals surface area (Å²) in [5.41, 5.74) is -2.45. The van der Waals surface area contributed by atoms with Crippen molar-refractivity contribution in [3.8, 4) is 0 Å². The monoisotopic (exact) mass is 709 g/mol. The van der Waals surface area contributed by atoms with E-state index in [1.807, 2.05) is 50.2 Å². The maximum atomic E-state index is 15.9. The van der Waals surface area contributed by atoms with Crippen LogP contribution in [0.3, 0.4) is 0 Å². The van der Waals surface area contributed by atoms with E-state index in [2.05, 4.69) is 38.4 Å².